The number of rotatable bonds is 3. The first-order chi connectivity index (χ1) is 15.7. The molecule has 1 atom stereocenters. The van der Waals surface area contributed by atoms with Gasteiger partial charge in [0.15, 0.2) is 0 Å². The zero-order valence-corrected chi connectivity index (χ0v) is 22.8. The second-order valence-electron chi connectivity index (χ2n) is 13.0. The van der Waals surface area contributed by atoms with E-state index in [2.05, 4.69) is 79.3 Å². The third-order valence-corrected chi connectivity index (χ3v) is 9.73. The van der Waals surface area contributed by atoms with Gasteiger partial charge in [-0.3, -0.25) is 0 Å². The van der Waals surface area contributed by atoms with Crippen LogP contribution >= 0.6 is 0 Å². The van der Waals surface area contributed by atoms with Gasteiger partial charge in [0.2, 0.25) is 0 Å². The Morgan fingerprint density at radius 3 is 1.85 bits per heavy atom. The molecule has 5 nitrogen and oxygen atoms in total. The summed E-state index contributed by atoms with van der Waals surface area (Å²) in [5.41, 5.74) is 4.47. The number of piperidine rings is 1. The summed E-state index contributed by atoms with van der Waals surface area (Å²) in [5, 5.41) is 0. The van der Waals surface area contributed by atoms with Crippen LogP contribution < -0.4 is 10.4 Å². The molecule has 0 spiro atoms. The molecule has 0 aromatic heterocycles. The Morgan fingerprint density at radius 1 is 0.765 bits per heavy atom. The van der Waals surface area contributed by atoms with E-state index in [1.54, 1.807) is 0 Å². The summed E-state index contributed by atoms with van der Waals surface area (Å²) in [4.78, 5) is 2.59. The van der Waals surface area contributed by atoms with Gasteiger partial charge in [-0.05, 0) is 115 Å². The topological polar surface area (TPSA) is 40.2 Å². The lowest BCUT2D eigenvalue weighted by Gasteiger charge is -2.36. The fourth-order valence-electron chi connectivity index (χ4n) is 5.96. The van der Waals surface area contributed by atoms with Crippen LogP contribution in [0.4, 0.5) is 5.69 Å². The second kappa shape index (κ2) is 7.99. The van der Waals surface area contributed by atoms with Crippen LogP contribution in [0.25, 0.3) is 0 Å². The molecule has 7 heteroatoms. The predicted molar refractivity (Wildman–Crippen MR) is 140 cm³/mol. The SMILES string of the molecule is CC1CCc2c(B3OC(C)(C)C(C)(C)O3)ccc(N3CCC(B4OC(C)(C)C(C)(C)O4)CC3)c21. The first-order valence-corrected chi connectivity index (χ1v) is 13.3. The minimum absolute atomic E-state index is 0.0949. The summed E-state index contributed by atoms with van der Waals surface area (Å²) in [6.07, 6.45) is 4.50. The molecule has 186 valence electrons. The minimum atomic E-state index is -0.317. The Balaban J connectivity index is 1.34. The van der Waals surface area contributed by atoms with E-state index in [9.17, 15) is 0 Å². The van der Waals surface area contributed by atoms with Crippen molar-refractivity contribution < 1.29 is 18.6 Å². The summed E-state index contributed by atoms with van der Waals surface area (Å²) in [5.74, 6) is 1.01. The molecule has 1 unspecified atom stereocenters. The van der Waals surface area contributed by atoms with E-state index in [1.807, 2.05) is 0 Å². The van der Waals surface area contributed by atoms with Crippen LogP contribution in [0.5, 0.6) is 0 Å². The second-order valence-corrected chi connectivity index (χ2v) is 13.0. The van der Waals surface area contributed by atoms with Crippen LogP contribution in [-0.4, -0.2) is 49.7 Å². The zero-order valence-electron chi connectivity index (χ0n) is 22.8. The van der Waals surface area contributed by atoms with Gasteiger partial charge in [0.1, 0.15) is 0 Å². The average molecular weight is 467 g/mol. The maximum atomic E-state index is 6.44. The molecule has 4 aliphatic rings. The van der Waals surface area contributed by atoms with Crippen LogP contribution in [0.3, 0.4) is 0 Å². The van der Waals surface area contributed by atoms with Gasteiger partial charge in [-0.25, -0.2) is 0 Å². The third-order valence-electron chi connectivity index (χ3n) is 9.73. The smallest absolute Gasteiger partial charge is 0.403 e. The van der Waals surface area contributed by atoms with Gasteiger partial charge in [0.25, 0.3) is 0 Å². The molecule has 3 aliphatic heterocycles. The molecular weight excluding hydrogens is 424 g/mol. The number of hydrogen-bond donors (Lipinski definition) is 0. The monoisotopic (exact) mass is 467 g/mol. The molecule has 3 saturated heterocycles. The van der Waals surface area contributed by atoms with Crippen molar-refractivity contribution in [1.82, 2.24) is 0 Å². The molecule has 3 heterocycles. The van der Waals surface area contributed by atoms with Crippen molar-refractivity contribution in [3.8, 4) is 0 Å². The van der Waals surface area contributed by atoms with Gasteiger partial charge in [-0.1, -0.05) is 13.0 Å². The Kier molecular flexibility index (Phi) is 5.80. The van der Waals surface area contributed by atoms with Gasteiger partial charge in [-0.2, -0.15) is 0 Å². The lowest BCUT2D eigenvalue weighted by atomic mass is 9.66. The van der Waals surface area contributed by atoms with Crippen molar-refractivity contribution in [3.05, 3.63) is 23.3 Å². The van der Waals surface area contributed by atoms with Crippen molar-refractivity contribution in [2.45, 2.75) is 122 Å². The number of fused-ring (bicyclic) bond motifs is 1. The van der Waals surface area contributed by atoms with Crippen molar-refractivity contribution in [2.75, 3.05) is 18.0 Å². The highest BCUT2D eigenvalue weighted by atomic mass is 16.7. The molecule has 0 radical (unpaired) electrons. The molecule has 0 amide bonds. The van der Waals surface area contributed by atoms with Gasteiger partial charge in [-0.15, -0.1) is 0 Å². The van der Waals surface area contributed by atoms with Crippen LogP contribution in [0, 0.1) is 0 Å². The molecule has 1 aliphatic carbocycles. The van der Waals surface area contributed by atoms with Crippen LogP contribution in [-0.2, 0) is 25.0 Å². The molecule has 1 aromatic rings. The normalized spacial score (nSPS) is 29.7. The Morgan fingerprint density at radius 2 is 1.29 bits per heavy atom. The number of nitrogens with zero attached hydrogens (tertiary/aromatic N) is 1. The van der Waals surface area contributed by atoms with Crippen LogP contribution in [0.2, 0.25) is 5.82 Å². The van der Waals surface area contributed by atoms with E-state index in [0.29, 0.717) is 11.7 Å². The zero-order chi connectivity index (χ0) is 24.7. The quantitative estimate of drug-likeness (QED) is 0.579. The van der Waals surface area contributed by atoms with Crippen LogP contribution in [0.15, 0.2) is 12.1 Å². The van der Waals surface area contributed by atoms with Gasteiger partial charge >= 0.3 is 14.2 Å². The Labute approximate surface area is 207 Å². The van der Waals surface area contributed by atoms with Gasteiger partial charge in [0, 0.05) is 18.8 Å². The standard InChI is InChI=1S/C27H43B2NO4/c1-18-10-11-20-21(29-33-26(6,7)27(8,9)34-29)12-13-22(23(18)20)30-16-14-19(15-17-30)28-31-24(2,3)25(4,5)32-28/h12-13,18-19H,10-11,14-17H2,1-9H3. The Bertz CT molecular complexity index is 920. The summed E-state index contributed by atoms with van der Waals surface area (Å²) < 4.78 is 25.6. The van der Waals surface area contributed by atoms with Gasteiger partial charge in [0.05, 0.1) is 22.4 Å². The fourth-order valence-corrected chi connectivity index (χ4v) is 5.96. The lowest BCUT2D eigenvalue weighted by Crippen LogP contribution is -2.41. The highest BCUT2D eigenvalue weighted by Gasteiger charge is 2.54. The molecular formula is C27H43B2NO4. The first-order valence-electron chi connectivity index (χ1n) is 13.3. The molecule has 34 heavy (non-hydrogen) atoms. The van der Waals surface area contributed by atoms with E-state index in [0.717, 1.165) is 32.4 Å². The molecule has 5 rings (SSSR count). The maximum absolute atomic E-state index is 6.44. The van der Waals surface area contributed by atoms with E-state index in [4.69, 9.17) is 18.6 Å². The number of anilines is 1. The molecule has 3 fully saturated rings. The Hall–Kier alpha value is -1.01. The van der Waals surface area contributed by atoms with E-state index in [1.165, 1.54) is 28.7 Å². The van der Waals surface area contributed by atoms with E-state index >= 15 is 0 Å². The third kappa shape index (κ3) is 3.86. The van der Waals surface area contributed by atoms with Crippen LogP contribution in [0.1, 0.15) is 98.6 Å². The molecule has 0 bridgehead atoms. The summed E-state index contributed by atoms with van der Waals surface area (Å²) in [6.45, 7) is 21.6. The predicted octanol–water partition coefficient (Wildman–Crippen LogP) is 5.10. The van der Waals surface area contributed by atoms with E-state index in [-0.39, 0.29) is 36.6 Å². The summed E-state index contributed by atoms with van der Waals surface area (Å²) in [6, 6.07) is 4.60. The molecule has 1 aromatic carbocycles. The van der Waals surface area contributed by atoms with Crippen molar-refractivity contribution >= 4 is 25.4 Å². The molecule has 0 saturated carbocycles. The lowest BCUT2D eigenvalue weighted by molar-refractivity contribution is 0.00578. The first kappa shape index (κ1) is 24.7. The fraction of sp³-hybridized carbons (Fsp3) is 0.778. The minimum Gasteiger partial charge on any atom is -0.403 e. The van der Waals surface area contributed by atoms with Gasteiger partial charge < -0.3 is 23.5 Å². The molecule has 0 N–H and O–H groups in total. The van der Waals surface area contributed by atoms with Crippen molar-refractivity contribution in [3.63, 3.8) is 0 Å². The summed E-state index contributed by atoms with van der Waals surface area (Å²) in [7, 11) is -0.380. The number of benzene rings is 1. The van der Waals surface area contributed by atoms with Crippen molar-refractivity contribution in [1.29, 1.82) is 0 Å². The van der Waals surface area contributed by atoms with Crippen molar-refractivity contribution in [2.24, 2.45) is 0 Å². The van der Waals surface area contributed by atoms with E-state index < -0.39 is 0 Å². The summed E-state index contributed by atoms with van der Waals surface area (Å²) >= 11 is 0. The highest BCUT2D eigenvalue weighted by Crippen LogP contribution is 2.45. The maximum Gasteiger partial charge on any atom is 0.495 e. The average Bonchev–Trinajstić information content (AvgIpc) is 3.30. The number of hydrogen-bond acceptors (Lipinski definition) is 5. The highest BCUT2D eigenvalue weighted by molar-refractivity contribution is 6.62. The largest absolute Gasteiger partial charge is 0.495 e.